The average molecular weight is 697 g/mol. The van der Waals surface area contributed by atoms with Gasteiger partial charge in [0.25, 0.3) is 0 Å². The van der Waals surface area contributed by atoms with E-state index in [-0.39, 0.29) is 26.3 Å². The molecule has 2 rings (SSSR count). The number of carbonyl (C=O) groups is 4. The first-order valence-corrected chi connectivity index (χ1v) is 17.1. The van der Waals surface area contributed by atoms with Crippen LogP contribution in [0, 0.1) is 0 Å². The van der Waals surface area contributed by atoms with Crippen molar-refractivity contribution in [2.24, 2.45) is 0 Å². The van der Waals surface area contributed by atoms with Crippen molar-refractivity contribution in [3.05, 3.63) is 72.8 Å². The number of amides is 2. The molecule has 2 amide bonds. The van der Waals surface area contributed by atoms with E-state index >= 15 is 0 Å². The molecule has 0 saturated heterocycles. The fourth-order valence-corrected chi connectivity index (χ4v) is 4.37. The number of esters is 2. The number of ether oxygens (including phenoxy) is 6. The minimum atomic E-state index is -0.545. The normalized spacial score (nSPS) is 10.4. The molecule has 50 heavy (non-hydrogen) atoms. The maximum Gasteiger partial charge on any atom is 0.407 e. The number of para-hydroxylation sites is 1. The van der Waals surface area contributed by atoms with Gasteiger partial charge in [0.2, 0.25) is 0 Å². The monoisotopic (exact) mass is 696 g/mol. The molecule has 2 aromatic carbocycles. The number of rotatable bonds is 25. The summed E-state index contributed by atoms with van der Waals surface area (Å²) < 4.78 is 32.6. The van der Waals surface area contributed by atoms with Crippen LogP contribution in [0.5, 0.6) is 11.5 Å². The number of alkyl carbamates (subject to hydrolysis) is 2. The summed E-state index contributed by atoms with van der Waals surface area (Å²) in [6.07, 6.45) is 5.58. The Morgan fingerprint density at radius 1 is 0.540 bits per heavy atom. The Labute approximate surface area is 295 Å². The highest BCUT2D eigenvalue weighted by molar-refractivity contribution is 5.87. The van der Waals surface area contributed by atoms with Crippen molar-refractivity contribution in [3.8, 4) is 22.6 Å². The summed E-state index contributed by atoms with van der Waals surface area (Å²) in [7, 11) is 0. The first-order valence-electron chi connectivity index (χ1n) is 17.1. The van der Waals surface area contributed by atoms with Gasteiger partial charge in [-0.15, -0.1) is 0 Å². The zero-order valence-electron chi connectivity index (χ0n) is 29.4. The van der Waals surface area contributed by atoms with Gasteiger partial charge in [-0.3, -0.25) is 0 Å². The lowest BCUT2D eigenvalue weighted by atomic mass is 10.0. The minimum Gasteiger partial charge on any atom is -0.490 e. The smallest absolute Gasteiger partial charge is 0.407 e. The van der Waals surface area contributed by atoms with E-state index in [1.807, 2.05) is 48.5 Å². The van der Waals surface area contributed by atoms with Crippen LogP contribution in [0.2, 0.25) is 0 Å². The molecule has 274 valence electrons. The van der Waals surface area contributed by atoms with Crippen LogP contribution in [0.25, 0.3) is 11.1 Å². The molecule has 12 heteroatoms. The van der Waals surface area contributed by atoms with Crippen molar-refractivity contribution in [1.82, 2.24) is 10.6 Å². The van der Waals surface area contributed by atoms with Crippen LogP contribution in [-0.4, -0.2) is 76.9 Å². The number of hydrogen-bond acceptors (Lipinski definition) is 10. The summed E-state index contributed by atoms with van der Waals surface area (Å²) >= 11 is 0. The second kappa shape index (κ2) is 25.0. The molecule has 0 heterocycles. The largest absolute Gasteiger partial charge is 0.490 e. The van der Waals surface area contributed by atoms with Crippen LogP contribution in [0.4, 0.5) is 9.59 Å². The highest BCUT2D eigenvalue weighted by atomic mass is 16.6. The lowest BCUT2D eigenvalue weighted by Crippen LogP contribution is -2.29. The maximum absolute atomic E-state index is 11.8. The van der Waals surface area contributed by atoms with Crippen molar-refractivity contribution in [1.29, 1.82) is 0 Å². The molecule has 0 aliphatic rings. The Kier molecular flexibility index (Phi) is 20.6. The second-order valence-electron chi connectivity index (χ2n) is 11.5. The number of benzene rings is 2. The summed E-state index contributed by atoms with van der Waals surface area (Å²) in [5, 5.41) is 5.09. The van der Waals surface area contributed by atoms with Crippen LogP contribution in [-0.2, 0) is 28.5 Å². The van der Waals surface area contributed by atoms with Gasteiger partial charge >= 0.3 is 24.1 Å². The average Bonchev–Trinajstić information content (AvgIpc) is 3.11. The molecule has 0 aromatic heterocycles. The van der Waals surface area contributed by atoms with Gasteiger partial charge in [0.05, 0.1) is 39.5 Å². The molecular weight excluding hydrogens is 644 g/mol. The van der Waals surface area contributed by atoms with E-state index in [9.17, 15) is 19.2 Å². The van der Waals surface area contributed by atoms with Crippen LogP contribution in [0.3, 0.4) is 0 Å². The van der Waals surface area contributed by atoms with Gasteiger partial charge in [0.1, 0.15) is 13.2 Å². The van der Waals surface area contributed by atoms with Crippen molar-refractivity contribution >= 4 is 24.1 Å². The van der Waals surface area contributed by atoms with Crippen LogP contribution in [0.1, 0.15) is 65.2 Å². The number of nitrogens with one attached hydrogen (secondary N) is 2. The highest BCUT2D eigenvalue weighted by Gasteiger charge is 2.13. The molecule has 0 radical (unpaired) electrons. The van der Waals surface area contributed by atoms with Gasteiger partial charge in [-0.1, -0.05) is 55.6 Å². The molecule has 0 unspecified atom stereocenters. The zero-order valence-corrected chi connectivity index (χ0v) is 29.4. The first-order chi connectivity index (χ1) is 24.2. The summed E-state index contributed by atoms with van der Waals surface area (Å²) in [5.74, 6) is 0.412. The molecule has 0 atom stereocenters. The summed E-state index contributed by atoms with van der Waals surface area (Å²) in [6, 6.07) is 15.9. The second-order valence-corrected chi connectivity index (χ2v) is 11.5. The maximum atomic E-state index is 11.8. The third kappa shape index (κ3) is 18.0. The van der Waals surface area contributed by atoms with Crippen molar-refractivity contribution in [3.63, 3.8) is 0 Å². The quantitative estimate of drug-likeness (QED) is 0.0485. The Balaban J connectivity index is 1.66. The number of hydrogen-bond donors (Lipinski definition) is 2. The van der Waals surface area contributed by atoms with E-state index in [2.05, 4.69) is 23.8 Å². The summed E-state index contributed by atoms with van der Waals surface area (Å²) in [6.45, 7) is 12.2. The van der Waals surface area contributed by atoms with E-state index in [0.717, 1.165) is 62.5 Å². The third-order valence-corrected chi connectivity index (χ3v) is 7.02. The molecule has 0 fully saturated rings. The predicted octanol–water partition coefficient (Wildman–Crippen LogP) is 6.92. The molecule has 2 N–H and O–H groups in total. The number of unbranched alkanes of at least 4 members (excludes halogenated alkanes) is 6. The molecule has 0 bridgehead atoms. The lowest BCUT2D eigenvalue weighted by Gasteiger charge is -2.17. The predicted molar refractivity (Wildman–Crippen MR) is 190 cm³/mol. The minimum absolute atomic E-state index is 0.0566. The molecule has 0 spiro atoms. The SMILES string of the molecule is C=C(C)C(=O)OCCNC(=O)OCCCCCCOc1cccc(-c2ccccc2)c1OCCCCCCOC(=O)NCCOC(=O)C(=C)C. The molecular formula is C38H52N2O10. The standard InChI is InChI=1S/C38H52N2O10/c1-29(2)35(41)47-27-21-39-37(43)49-25-14-7-5-12-23-45-33-20-16-19-32(31-17-10-9-11-18-31)34(33)46-24-13-6-8-15-26-50-38(44)40-22-28-48-36(42)30(3)4/h9-11,16-20H,1,3,5-8,12-15,21-28H2,2,4H3,(H,39,43)(H,40,44). The fraction of sp³-hybridized carbons (Fsp3) is 0.474. The van der Waals surface area contributed by atoms with E-state index in [4.69, 9.17) is 28.4 Å². The van der Waals surface area contributed by atoms with E-state index < -0.39 is 24.1 Å². The third-order valence-electron chi connectivity index (χ3n) is 7.02. The highest BCUT2D eigenvalue weighted by Crippen LogP contribution is 2.38. The Morgan fingerprint density at radius 3 is 1.52 bits per heavy atom. The topological polar surface area (TPSA) is 148 Å². The van der Waals surface area contributed by atoms with Gasteiger partial charge in [-0.2, -0.15) is 0 Å². The summed E-state index contributed by atoms with van der Waals surface area (Å²) in [4.78, 5) is 46.2. The zero-order chi connectivity index (χ0) is 36.4. The van der Waals surface area contributed by atoms with E-state index in [1.54, 1.807) is 13.8 Å². The molecule has 0 saturated carbocycles. The molecule has 2 aromatic rings. The van der Waals surface area contributed by atoms with Gasteiger partial charge < -0.3 is 39.1 Å². The lowest BCUT2D eigenvalue weighted by molar-refractivity contribution is -0.139. The van der Waals surface area contributed by atoms with Crippen molar-refractivity contribution in [2.45, 2.75) is 65.2 Å². The van der Waals surface area contributed by atoms with Crippen LogP contribution < -0.4 is 20.1 Å². The summed E-state index contributed by atoms with van der Waals surface area (Å²) in [5.41, 5.74) is 2.61. The molecule has 0 aliphatic heterocycles. The Hall–Kier alpha value is -5.00. The van der Waals surface area contributed by atoms with Gasteiger partial charge in [-0.25, -0.2) is 19.2 Å². The van der Waals surface area contributed by atoms with Crippen molar-refractivity contribution in [2.75, 3.05) is 52.7 Å². The Morgan fingerprint density at radius 2 is 1.02 bits per heavy atom. The number of carbonyl (C=O) groups excluding carboxylic acids is 4. The van der Waals surface area contributed by atoms with Crippen molar-refractivity contribution < 1.29 is 47.6 Å². The van der Waals surface area contributed by atoms with Gasteiger partial charge in [-0.05, 0) is 76.8 Å². The van der Waals surface area contributed by atoms with Gasteiger partial charge in [0, 0.05) is 16.7 Å². The first kappa shape index (κ1) is 41.2. The van der Waals surface area contributed by atoms with E-state index in [1.165, 1.54) is 0 Å². The van der Waals surface area contributed by atoms with Gasteiger partial charge in [0.15, 0.2) is 11.5 Å². The Bertz CT molecular complexity index is 1360. The molecule has 12 nitrogen and oxygen atoms in total. The van der Waals surface area contributed by atoms with E-state index in [0.29, 0.717) is 49.1 Å². The van der Waals surface area contributed by atoms with Crippen LogP contribution >= 0.6 is 0 Å². The molecule has 0 aliphatic carbocycles. The fourth-order valence-electron chi connectivity index (χ4n) is 4.37. The van der Waals surface area contributed by atoms with Crippen LogP contribution in [0.15, 0.2) is 72.8 Å².